The van der Waals surface area contributed by atoms with Gasteiger partial charge in [0.1, 0.15) is 5.56 Å². The Hall–Kier alpha value is -3.04. The molecule has 10 heteroatoms. The lowest BCUT2D eigenvalue weighted by Crippen LogP contribution is -2.13. The van der Waals surface area contributed by atoms with E-state index < -0.39 is 18.0 Å². The molecule has 0 bridgehead atoms. The number of ether oxygens (including phenoxy) is 1. The fourth-order valence-electron chi connectivity index (χ4n) is 3.51. The number of nitrogens with zero attached hydrogens (tertiary/aromatic N) is 5. The minimum atomic E-state index is -2.79. The van der Waals surface area contributed by atoms with Crippen LogP contribution >= 0.6 is 0 Å². The van der Waals surface area contributed by atoms with Crippen molar-refractivity contribution in [2.75, 3.05) is 12.4 Å². The number of carbonyl (C=O) groups excluding carboxylic acids is 1. The molecule has 1 saturated carbocycles. The van der Waals surface area contributed by atoms with Crippen molar-refractivity contribution >= 4 is 17.2 Å². The highest BCUT2D eigenvalue weighted by Gasteiger charge is 2.25. The van der Waals surface area contributed by atoms with Gasteiger partial charge in [-0.05, 0) is 12.8 Å². The Morgan fingerprint density at radius 1 is 1.20 bits per heavy atom. The van der Waals surface area contributed by atoms with Gasteiger partial charge in [-0.2, -0.15) is 10.2 Å². The van der Waals surface area contributed by atoms with Gasteiger partial charge in [0.25, 0.3) is 12.3 Å². The largest absolute Gasteiger partial charge is 0.494 e. The zero-order valence-corrected chi connectivity index (χ0v) is 17.3. The molecule has 8 nitrogen and oxygen atoms in total. The molecule has 0 atom stereocenters. The van der Waals surface area contributed by atoms with E-state index in [1.165, 1.54) is 30.2 Å². The van der Waals surface area contributed by atoms with Crippen molar-refractivity contribution in [2.24, 2.45) is 0 Å². The van der Waals surface area contributed by atoms with Crippen molar-refractivity contribution in [3.63, 3.8) is 0 Å². The Bertz CT molecular complexity index is 995. The third kappa shape index (κ3) is 4.42. The van der Waals surface area contributed by atoms with Gasteiger partial charge in [0.15, 0.2) is 17.1 Å². The first-order valence-electron chi connectivity index (χ1n) is 10.1. The van der Waals surface area contributed by atoms with Crippen molar-refractivity contribution in [3.05, 3.63) is 36.0 Å². The van der Waals surface area contributed by atoms with Crippen LogP contribution in [-0.4, -0.2) is 37.4 Å². The summed E-state index contributed by atoms with van der Waals surface area (Å²) in [6, 6.07) is 0.0861. The van der Waals surface area contributed by atoms with Gasteiger partial charge in [-0.1, -0.05) is 33.1 Å². The predicted molar refractivity (Wildman–Crippen MR) is 108 cm³/mol. The maximum absolute atomic E-state index is 13.5. The van der Waals surface area contributed by atoms with Crippen LogP contribution in [0, 0.1) is 0 Å². The quantitative estimate of drug-likeness (QED) is 0.649. The lowest BCUT2D eigenvalue weighted by molar-refractivity contribution is 0.102. The summed E-state index contributed by atoms with van der Waals surface area (Å²) in [5, 5.41) is 10.7. The smallest absolute Gasteiger partial charge is 0.284 e. The molecule has 1 aliphatic rings. The summed E-state index contributed by atoms with van der Waals surface area (Å²) in [6.45, 7) is 4.00. The minimum absolute atomic E-state index is 0.0124. The first kappa shape index (κ1) is 21.7. The molecule has 0 radical (unpaired) electrons. The molecule has 162 valence electrons. The van der Waals surface area contributed by atoms with Gasteiger partial charge in [-0.3, -0.25) is 9.48 Å². The average Bonchev–Trinajstić information content (AvgIpc) is 3.39. The Balaban J connectivity index is 0.00000124. The summed E-state index contributed by atoms with van der Waals surface area (Å²) in [7, 11) is 1.50. The van der Waals surface area contributed by atoms with Gasteiger partial charge in [0.2, 0.25) is 0 Å². The highest BCUT2D eigenvalue weighted by molar-refractivity contribution is 6.08. The average molecular weight is 420 g/mol. The standard InChI is InChI=1S/C18H20F2N6O2.C2H6/c1-28-12-7-21-17-13(8-22-26(17)9-12)18(27)23-14-10-25(24-15(14)16(19)20)11-5-3-2-4-6-11;1-2/h7-11,16H,2-6H2,1H3,(H,23,27);1-2H3. The van der Waals surface area contributed by atoms with E-state index in [-0.39, 0.29) is 17.3 Å². The second-order valence-corrected chi connectivity index (χ2v) is 6.77. The van der Waals surface area contributed by atoms with Crippen molar-refractivity contribution in [2.45, 2.75) is 58.4 Å². The molecule has 30 heavy (non-hydrogen) atoms. The molecule has 0 unspecified atom stereocenters. The summed E-state index contributed by atoms with van der Waals surface area (Å²) in [5.41, 5.74) is 0.0633. The van der Waals surface area contributed by atoms with E-state index in [4.69, 9.17) is 4.74 Å². The zero-order valence-electron chi connectivity index (χ0n) is 17.3. The molecule has 1 fully saturated rings. The van der Waals surface area contributed by atoms with E-state index in [0.29, 0.717) is 11.4 Å². The van der Waals surface area contributed by atoms with Crippen LogP contribution in [-0.2, 0) is 0 Å². The topological polar surface area (TPSA) is 86.3 Å². The number of nitrogens with one attached hydrogen (secondary N) is 1. The second kappa shape index (κ2) is 9.64. The summed E-state index contributed by atoms with van der Waals surface area (Å²) < 4.78 is 35.0. The maximum Gasteiger partial charge on any atom is 0.284 e. The molecule has 3 aromatic rings. The number of hydrogen-bond donors (Lipinski definition) is 1. The number of fused-ring (bicyclic) bond motifs is 1. The van der Waals surface area contributed by atoms with E-state index in [0.717, 1.165) is 32.1 Å². The van der Waals surface area contributed by atoms with Gasteiger partial charge in [-0.15, -0.1) is 0 Å². The first-order chi connectivity index (χ1) is 14.6. The van der Waals surface area contributed by atoms with Crippen LogP contribution in [0.25, 0.3) is 5.65 Å². The molecular weight excluding hydrogens is 394 g/mol. The SMILES string of the molecule is CC.COc1cnc2c(C(=O)Nc3cn(C4CCCCC4)nc3C(F)F)cnn2c1. The fourth-order valence-corrected chi connectivity index (χ4v) is 3.51. The number of methoxy groups -OCH3 is 1. The van der Waals surface area contributed by atoms with Gasteiger partial charge in [-0.25, -0.2) is 18.3 Å². The van der Waals surface area contributed by atoms with Gasteiger partial charge < -0.3 is 10.1 Å². The Labute approximate surface area is 173 Å². The van der Waals surface area contributed by atoms with Crippen LogP contribution in [0.3, 0.4) is 0 Å². The van der Waals surface area contributed by atoms with Crippen LogP contribution in [0.5, 0.6) is 5.75 Å². The van der Waals surface area contributed by atoms with Gasteiger partial charge in [0, 0.05) is 6.20 Å². The molecule has 0 saturated heterocycles. The molecule has 0 aromatic carbocycles. The third-order valence-electron chi connectivity index (χ3n) is 4.98. The van der Waals surface area contributed by atoms with Crippen molar-refractivity contribution < 1.29 is 18.3 Å². The van der Waals surface area contributed by atoms with Gasteiger partial charge in [0.05, 0.1) is 37.4 Å². The van der Waals surface area contributed by atoms with Crippen LogP contribution in [0.15, 0.2) is 24.8 Å². The number of aromatic nitrogens is 5. The van der Waals surface area contributed by atoms with Crippen LogP contribution in [0.4, 0.5) is 14.5 Å². The lowest BCUT2D eigenvalue weighted by atomic mass is 9.96. The van der Waals surface area contributed by atoms with Crippen molar-refractivity contribution in [1.29, 1.82) is 0 Å². The number of alkyl halides is 2. The second-order valence-electron chi connectivity index (χ2n) is 6.77. The number of anilines is 1. The number of rotatable bonds is 5. The zero-order chi connectivity index (χ0) is 21.7. The van der Waals surface area contributed by atoms with E-state index in [1.54, 1.807) is 10.9 Å². The molecule has 1 aliphatic carbocycles. The number of carbonyl (C=O) groups is 1. The van der Waals surface area contributed by atoms with Crippen molar-refractivity contribution in [1.82, 2.24) is 24.4 Å². The maximum atomic E-state index is 13.5. The summed E-state index contributed by atoms with van der Waals surface area (Å²) in [6.07, 6.45) is 8.13. The summed E-state index contributed by atoms with van der Waals surface area (Å²) in [5.74, 6) is -0.0888. The molecule has 0 spiro atoms. The third-order valence-corrected chi connectivity index (χ3v) is 4.98. The van der Waals surface area contributed by atoms with E-state index >= 15 is 0 Å². The van der Waals surface area contributed by atoms with E-state index in [1.807, 2.05) is 13.8 Å². The first-order valence-corrected chi connectivity index (χ1v) is 10.1. The molecular formula is C20H26F2N6O2. The van der Waals surface area contributed by atoms with Crippen LogP contribution in [0.1, 0.15) is 74.5 Å². The number of halogens is 2. The molecule has 4 rings (SSSR count). The van der Waals surface area contributed by atoms with E-state index in [9.17, 15) is 13.6 Å². The number of hydrogen-bond acceptors (Lipinski definition) is 5. The Morgan fingerprint density at radius 3 is 2.60 bits per heavy atom. The van der Waals surface area contributed by atoms with Crippen molar-refractivity contribution in [3.8, 4) is 5.75 Å². The molecule has 0 aliphatic heterocycles. The molecule has 3 aromatic heterocycles. The normalized spacial score (nSPS) is 14.5. The Morgan fingerprint density at radius 2 is 1.93 bits per heavy atom. The molecule has 1 amide bonds. The predicted octanol–water partition coefficient (Wildman–Crippen LogP) is 4.66. The molecule has 1 N–H and O–H groups in total. The summed E-state index contributed by atoms with van der Waals surface area (Å²) in [4.78, 5) is 16.8. The summed E-state index contributed by atoms with van der Waals surface area (Å²) >= 11 is 0. The van der Waals surface area contributed by atoms with Crippen LogP contribution < -0.4 is 10.1 Å². The lowest BCUT2D eigenvalue weighted by Gasteiger charge is -2.21. The van der Waals surface area contributed by atoms with Crippen LogP contribution in [0.2, 0.25) is 0 Å². The Kier molecular flexibility index (Phi) is 6.96. The highest BCUT2D eigenvalue weighted by atomic mass is 19.3. The van der Waals surface area contributed by atoms with Gasteiger partial charge >= 0.3 is 0 Å². The monoisotopic (exact) mass is 420 g/mol. The number of amides is 1. The fraction of sp³-hybridized carbons (Fsp3) is 0.500. The molecule has 3 heterocycles. The van der Waals surface area contributed by atoms with E-state index in [2.05, 4.69) is 20.5 Å². The highest BCUT2D eigenvalue weighted by Crippen LogP contribution is 2.32. The minimum Gasteiger partial charge on any atom is -0.494 e.